The molecule has 4 aromatic carbocycles. The molecule has 2 spiro atoms. The molecule has 18 nitrogen and oxygen atoms in total. The maximum atomic E-state index is 13.8. The van der Waals surface area contributed by atoms with Gasteiger partial charge in [0.05, 0.1) is 60.5 Å². The largest absolute Gasteiger partial charge is 0.490 e. The van der Waals surface area contributed by atoms with Crippen LogP contribution in [0.5, 0.6) is 11.5 Å². The Hall–Kier alpha value is -6.16. The summed E-state index contributed by atoms with van der Waals surface area (Å²) in [4.78, 5) is 55.8. The van der Waals surface area contributed by atoms with Crippen molar-refractivity contribution in [2.75, 3.05) is 63.4 Å². The molecule has 4 aliphatic carbocycles. The van der Waals surface area contributed by atoms with Gasteiger partial charge in [-0.2, -0.15) is 0 Å². The number of halogens is 2. The Morgan fingerprint density at radius 2 is 1.01 bits per heavy atom. The van der Waals surface area contributed by atoms with Gasteiger partial charge in [-0.05, 0) is 223 Å². The molecule has 0 radical (unpaired) electrons. The second-order valence-electron chi connectivity index (χ2n) is 27.4. The fourth-order valence-electron chi connectivity index (χ4n) is 15.5. The van der Waals surface area contributed by atoms with E-state index in [1.807, 2.05) is 24.3 Å². The number of nitrogens with one attached hydrogen (secondary N) is 2. The predicted octanol–water partition coefficient (Wildman–Crippen LogP) is 11.3. The Labute approximate surface area is 558 Å². The average Bonchev–Trinajstić information content (AvgIpc) is 1.71. The molecule has 0 saturated heterocycles. The highest BCUT2D eigenvalue weighted by Crippen LogP contribution is 2.50. The monoisotopic (exact) mass is 1360 g/mol. The fraction of sp³-hybridized carbons (Fsp3) is 0.549. The van der Waals surface area contributed by atoms with E-state index in [0.717, 1.165) is 75.6 Å². The third kappa shape index (κ3) is 14.5. The van der Waals surface area contributed by atoms with E-state index in [0.29, 0.717) is 73.8 Å². The van der Waals surface area contributed by atoms with Gasteiger partial charge in [0.15, 0.2) is 0 Å². The van der Waals surface area contributed by atoms with Crippen molar-refractivity contribution in [3.8, 4) is 11.5 Å². The number of aliphatic hydroxyl groups excluding tert-OH is 2. The summed E-state index contributed by atoms with van der Waals surface area (Å²) in [6.07, 6.45) is 16.1. The number of benzene rings is 4. The first-order valence-electron chi connectivity index (χ1n) is 32.5. The molecular formula is C71H90Cl2N4O14S2. The van der Waals surface area contributed by atoms with Gasteiger partial charge < -0.3 is 39.0 Å². The Kier molecular flexibility index (Phi) is 21.2. The molecule has 0 unspecified atom stereocenters. The van der Waals surface area contributed by atoms with E-state index in [-0.39, 0.29) is 91.6 Å². The number of aliphatic hydroxyl groups is 2. The lowest BCUT2D eigenvalue weighted by molar-refractivity contribution is -0.141. The number of nitrogens with zero attached hydrogens (tertiary/aromatic N) is 2. The van der Waals surface area contributed by atoms with Crippen LogP contribution in [0.1, 0.15) is 167 Å². The lowest BCUT2D eigenvalue weighted by atomic mass is 9.68. The smallest absolute Gasteiger partial charge is 0.305 e. The van der Waals surface area contributed by atoms with Gasteiger partial charge in [-0.15, -0.1) is 0 Å². The van der Waals surface area contributed by atoms with Crippen molar-refractivity contribution in [1.82, 2.24) is 9.44 Å². The molecule has 4 bridgehead atoms. The molecule has 8 aliphatic rings. The molecule has 4 aliphatic heterocycles. The van der Waals surface area contributed by atoms with Crippen molar-refractivity contribution in [2.24, 2.45) is 23.7 Å². The fourth-order valence-corrected chi connectivity index (χ4v) is 18.6. The number of carbonyl (C=O) groups excluding carboxylic acids is 4. The first-order valence-corrected chi connectivity index (χ1v) is 36.2. The third-order valence-electron chi connectivity index (χ3n) is 21.6. The number of ether oxygens (including phenoxy) is 4. The molecule has 2 fully saturated rings. The minimum atomic E-state index is -4.23. The van der Waals surface area contributed by atoms with E-state index >= 15 is 0 Å². The Bertz CT molecular complexity index is 3530. The topological polar surface area (TPSA) is 244 Å². The molecule has 2 amide bonds. The van der Waals surface area contributed by atoms with Gasteiger partial charge in [0.25, 0.3) is 11.8 Å². The Morgan fingerprint density at radius 1 is 0.602 bits per heavy atom. The number of hydrogen-bond donors (Lipinski definition) is 4. The van der Waals surface area contributed by atoms with E-state index in [2.05, 4.69) is 43.5 Å². The first kappa shape index (κ1) is 69.7. The van der Waals surface area contributed by atoms with Crippen molar-refractivity contribution in [3.05, 3.63) is 141 Å². The van der Waals surface area contributed by atoms with Gasteiger partial charge in [-0.25, -0.2) is 26.3 Å². The highest BCUT2D eigenvalue weighted by molar-refractivity contribution is 7.91. The number of rotatable bonds is 6. The van der Waals surface area contributed by atoms with Gasteiger partial charge in [0, 0.05) is 71.0 Å². The number of anilines is 2. The van der Waals surface area contributed by atoms with Crippen molar-refractivity contribution in [3.63, 3.8) is 0 Å². The number of esters is 2. The van der Waals surface area contributed by atoms with Gasteiger partial charge in [0.2, 0.25) is 20.0 Å². The molecule has 10 atom stereocenters. The summed E-state index contributed by atoms with van der Waals surface area (Å²) in [7, 11) is -5.95. The van der Waals surface area contributed by atoms with Crippen molar-refractivity contribution < 1.29 is 65.2 Å². The van der Waals surface area contributed by atoms with Gasteiger partial charge in [-0.3, -0.25) is 19.2 Å². The van der Waals surface area contributed by atoms with Crippen LogP contribution in [-0.2, 0) is 62.8 Å². The summed E-state index contributed by atoms with van der Waals surface area (Å²) in [5.74, 6) is -0.661. The van der Waals surface area contributed by atoms with Gasteiger partial charge in [0.1, 0.15) is 11.5 Å². The molecule has 4 heterocycles. The van der Waals surface area contributed by atoms with E-state index in [1.165, 1.54) is 36.5 Å². The zero-order valence-corrected chi connectivity index (χ0v) is 56.1. The van der Waals surface area contributed by atoms with E-state index in [4.69, 9.17) is 42.1 Å². The van der Waals surface area contributed by atoms with E-state index in [9.17, 15) is 46.2 Å². The van der Waals surface area contributed by atoms with E-state index < -0.39 is 65.5 Å². The number of hydrogen-bond acceptors (Lipinski definition) is 16. The van der Waals surface area contributed by atoms with Crippen molar-refractivity contribution in [2.45, 2.75) is 169 Å². The standard InChI is InChI=1S/2C35H43ClN2O7S.CH4/c2*1-34(17-14-32(40)44-2)15-4-3-7-30(39)27-11-8-25(27)20-38-21-35(16-5-6-23-18-26(36)10-12-28(23)35)22-45-31-13-9-24(19-29(31)38)33(41)37-46(34,42)43;/h2*3,7,9-10,12-13,18-19,25,27,30,39H,4-6,8,11,14-17,20-22H2,1-2H3,(H,37,41);1H4/b2*7-3+;/t25-,27+,30-,34+,35-;25-,27+,30-,34-,35-;/m00./s1. The molecule has 4 aromatic rings. The summed E-state index contributed by atoms with van der Waals surface area (Å²) in [5, 5.41) is 23.9. The lowest BCUT2D eigenvalue weighted by Gasteiger charge is -2.45. The van der Waals surface area contributed by atoms with Crippen molar-refractivity contribution >= 4 is 78.4 Å². The number of aryl methyl sites for hydroxylation is 2. The van der Waals surface area contributed by atoms with Crippen LogP contribution in [0.2, 0.25) is 10.0 Å². The third-order valence-corrected chi connectivity index (χ3v) is 26.4. The number of amides is 2. The van der Waals surface area contributed by atoms with Crippen LogP contribution in [0.25, 0.3) is 0 Å². The zero-order valence-electron chi connectivity index (χ0n) is 52.9. The number of allylic oxidation sites excluding steroid dienone is 2. The Balaban J connectivity index is 0.000000201. The van der Waals surface area contributed by atoms with Gasteiger partial charge >= 0.3 is 11.9 Å². The Morgan fingerprint density at radius 3 is 1.39 bits per heavy atom. The van der Waals surface area contributed by atoms with E-state index in [1.54, 1.807) is 62.4 Å². The number of sulfonamides is 2. The highest BCUT2D eigenvalue weighted by atomic mass is 35.5. The van der Waals surface area contributed by atoms with Crippen LogP contribution >= 0.6 is 23.2 Å². The minimum absolute atomic E-state index is 0. The number of fused-ring (bicyclic) bond motifs is 8. The normalized spacial score (nSPS) is 30.9. The molecule has 504 valence electrons. The summed E-state index contributed by atoms with van der Waals surface area (Å²) < 4.78 is 79.5. The molecule has 0 aromatic heterocycles. The highest BCUT2D eigenvalue weighted by Gasteiger charge is 2.48. The number of carbonyl (C=O) groups is 4. The molecule has 93 heavy (non-hydrogen) atoms. The summed E-state index contributed by atoms with van der Waals surface area (Å²) in [5.41, 5.74) is 6.18. The van der Waals surface area contributed by atoms with Gasteiger partial charge in [-0.1, -0.05) is 67.1 Å². The van der Waals surface area contributed by atoms with Crippen LogP contribution in [0.4, 0.5) is 11.4 Å². The second-order valence-corrected chi connectivity index (χ2v) is 32.7. The summed E-state index contributed by atoms with van der Waals surface area (Å²) >= 11 is 12.8. The molecule has 2 saturated carbocycles. The average molecular weight is 1360 g/mol. The molecule has 12 rings (SSSR count). The van der Waals surface area contributed by atoms with Crippen molar-refractivity contribution in [1.29, 1.82) is 0 Å². The molecule has 4 N–H and O–H groups in total. The summed E-state index contributed by atoms with van der Waals surface area (Å²) in [6, 6.07) is 22.4. The van der Waals surface area contributed by atoms with Crippen LogP contribution in [0.3, 0.4) is 0 Å². The van der Waals surface area contributed by atoms with Crippen LogP contribution in [0.15, 0.2) is 97.1 Å². The SMILES string of the molecule is C.COC(=O)CC[C@@]1(C)CC/C=C/[C@H](O)[C@@H]2CC[C@H]2CN2C[C@@]3(CCCc4cc(Cl)ccc43)COc3ccc(cc32)C(=O)NS1(=O)=O.COC(=O)CC[C@]1(C)CC/C=C/[C@H](O)[C@@H]2CC[C@H]2CN2C[C@@]3(CCCc4cc(Cl)ccc43)COc3ccc(cc32)C(=O)NS1(=O)=O. The lowest BCUT2D eigenvalue weighted by Crippen LogP contribution is -2.49. The minimum Gasteiger partial charge on any atom is -0.490 e. The zero-order chi connectivity index (χ0) is 65.4. The second kappa shape index (κ2) is 28.3. The summed E-state index contributed by atoms with van der Waals surface area (Å²) in [6.45, 7) is 6.66. The first-order chi connectivity index (χ1) is 43.9. The van der Waals surface area contributed by atoms with Crippen LogP contribution < -0.4 is 28.7 Å². The molecular weight excluding hydrogens is 1270 g/mol. The maximum absolute atomic E-state index is 13.8. The number of methoxy groups -OCH3 is 2. The predicted molar refractivity (Wildman–Crippen MR) is 360 cm³/mol. The van der Waals surface area contributed by atoms with Crippen LogP contribution in [-0.4, -0.2) is 126 Å². The maximum Gasteiger partial charge on any atom is 0.305 e. The van der Waals surface area contributed by atoms with Crippen LogP contribution in [0, 0.1) is 23.7 Å². The quantitative estimate of drug-likeness (QED) is 0.104. The molecule has 22 heteroatoms.